The highest BCUT2D eigenvalue weighted by Gasteiger charge is 2.32. The van der Waals surface area contributed by atoms with Crippen LogP contribution in [0.5, 0.6) is 5.75 Å². The first-order chi connectivity index (χ1) is 9.91. The van der Waals surface area contributed by atoms with E-state index in [1.807, 2.05) is 0 Å². The maximum absolute atomic E-state index is 6.06. The number of rotatable bonds is 6. The molecule has 1 fully saturated rings. The quantitative estimate of drug-likeness (QED) is 0.866. The Bertz CT molecular complexity index is 459. The van der Waals surface area contributed by atoms with E-state index in [0.717, 1.165) is 31.7 Å². The third-order valence-electron chi connectivity index (χ3n) is 4.07. The fourth-order valence-corrected chi connectivity index (χ4v) is 3.01. The molecule has 0 amide bonds. The second-order valence-electron chi connectivity index (χ2n) is 6.69. The van der Waals surface area contributed by atoms with Gasteiger partial charge in [0, 0.05) is 6.54 Å². The van der Waals surface area contributed by atoms with Crippen molar-refractivity contribution < 1.29 is 9.47 Å². The number of nitrogens with one attached hydrogen (secondary N) is 1. The third kappa shape index (κ3) is 4.45. The molecular formula is C18H29NO2. The summed E-state index contributed by atoms with van der Waals surface area (Å²) in [5.74, 6) is 1.02. The molecule has 1 aromatic rings. The molecule has 1 aromatic carbocycles. The third-order valence-corrected chi connectivity index (χ3v) is 4.07. The lowest BCUT2D eigenvalue weighted by Gasteiger charge is -2.20. The molecule has 1 heterocycles. The van der Waals surface area contributed by atoms with E-state index in [-0.39, 0.29) is 11.7 Å². The summed E-state index contributed by atoms with van der Waals surface area (Å²) in [4.78, 5) is 0. The molecule has 1 unspecified atom stereocenters. The Kier molecular flexibility index (Phi) is 5.28. The SMILES string of the molecule is CCNCc1cc(C)c(OCC2CCC(C)(C)O2)c(C)c1. The normalized spacial score (nSPS) is 20.7. The average molecular weight is 291 g/mol. The lowest BCUT2D eigenvalue weighted by Crippen LogP contribution is -2.24. The van der Waals surface area contributed by atoms with E-state index in [2.05, 4.69) is 52.1 Å². The monoisotopic (exact) mass is 291 g/mol. The molecule has 3 heteroatoms. The molecule has 0 bridgehead atoms. The average Bonchev–Trinajstić information content (AvgIpc) is 2.75. The van der Waals surface area contributed by atoms with Crippen LogP contribution in [0.15, 0.2) is 12.1 Å². The molecular weight excluding hydrogens is 262 g/mol. The van der Waals surface area contributed by atoms with Crippen molar-refractivity contribution in [2.24, 2.45) is 0 Å². The van der Waals surface area contributed by atoms with Crippen molar-refractivity contribution in [3.05, 3.63) is 28.8 Å². The smallest absolute Gasteiger partial charge is 0.125 e. The van der Waals surface area contributed by atoms with Crippen LogP contribution in [0.1, 0.15) is 50.3 Å². The van der Waals surface area contributed by atoms with Crippen LogP contribution in [0.4, 0.5) is 0 Å². The molecule has 1 saturated heterocycles. The molecule has 0 saturated carbocycles. The summed E-state index contributed by atoms with van der Waals surface area (Å²) in [6, 6.07) is 4.43. The number of aryl methyl sites for hydroxylation is 2. The van der Waals surface area contributed by atoms with Crippen LogP contribution in [0, 0.1) is 13.8 Å². The molecule has 1 aliphatic rings. The largest absolute Gasteiger partial charge is 0.490 e. The van der Waals surface area contributed by atoms with Crippen molar-refractivity contribution >= 4 is 0 Å². The predicted octanol–water partition coefficient (Wildman–Crippen LogP) is 3.75. The Morgan fingerprint density at radius 2 is 1.95 bits per heavy atom. The first-order valence-electron chi connectivity index (χ1n) is 8.03. The van der Waals surface area contributed by atoms with Crippen molar-refractivity contribution in [1.82, 2.24) is 5.32 Å². The van der Waals surface area contributed by atoms with Gasteiger partial charge in [0.05, 0.1) is 11.7 Å². The van der Waals surface area contributed by atoms with E-state index >= 15 is 0 Å². The molecule has 21 heavy (non-hydrogen) atoms. The molecule has 0 aromatic heterocycles. The van der Waals surface area contributed by atoms with Crippen LogP contribution < -0.4 is 10.1 Å². The molecule has 3 nitrogen and oxygen atoms in total. The highest BCUT2D eigenvalue weighted by atomic mass is 16.6. The van der Waals surface area contributed by atoms with Gasteiger partial charge in [-0.15, -0.1) is 0 Å². The minimum Gasteiger partial charge on any atom is -0.490 e. The van der Waals surface area contributed by atoms with Gasteiger partial charge in [0.1, 0.15) is 12.4 Å². The van der Waals surface area contributed by atoms with Crippen molar-refractivity contribution in [1.29, 1.82) is 0 Å². The standard InChI is InChI=1S/C18H29NO2/c1-6-19-11-15-9-13(2)17(14(3)10-15)20-12-16-7-8-18(4,5)21-16/h9-10,16,19H,6-8,11-12H2,1-5H3. The second kappa shape index (κ2) is 6.80. The summed E-state index contributed by atoms with van der Waals surface area (Å²) in [7, 11) is 0. The van der Waals surface area contributed by atoms with E-state index < -0.39 is 0 Å². The first-order valence-corrected chi connectivity index (χ1v) is 8.03. The van der Waals surface area contributed by atoms with Crippen molar-refractivity contribution in [3.8, 4) is 5.75 Å². The van der Waals surface area contributed by atoms with Gasteiger partial charge in [-0.25, -0.2) is 0 Å². The highest BCUT2D eigenvalue weighted by molar-refractivity contribution is 5.43. The summed E-state index contributed by atoms with van der Waals surface area (Å²) in [6.45, 7) is 13.2. The van der Waals surface area contributed by atoms with Gasteiger partial charge in [0.2, 0.25) is 0 Å². The molecule has 2 rings (SSSR count). The maximum atomic E-state index is 6.06. The van der Waals surface area contributed by atoms with Crippen molar-refractivity contribution in [2.75, 3.05) is 13.2 Å². The number of ether oxygens (including phenoxy) is 2. The summed E-state index contributed by atoms with van der Waals surface area (Å²) >= 11 is 0. The Balaban J connectivity index is 1.97. The van der Waals surface area contributed by atoms with Gasteiger partial charge in [0.15, 0.2) is 0 Å². The molecule has 1 N–H and O–H groups in total. The van der Waals surface area contributed by atoms with E-state index in [9.17, 15) is 0 Å². The second-order valence-corrected chi connectivity index (χ2v) is 6.69. The van der Waals surface area contributed by atoms with E-state index in [1.165, 1.54) is 16.7 Å². The summed E-state index contributed by atoms with van der Waals surface area (Å²) in [5.41, 5.74) is 3.74. The summed E-state index contributed by atoms with van der Waals surface area (Å²) < 4.78 is 12.1. The van der Waals surface area contributed by atoms with Crippen LogP contribution in [0.25, 0.3) is 0 Å². The van der Waals surface area contributed by atoms with Crippen LogP contribution in [0.3, 0.4) is 0 Å². The highest BCUT2D eigenvalue weighted by Crippen LogP contribution is 2.31. The van der Waals surface area contributed by atoms with Gasteiger partial charge < -0.3 is 14.8 Å². The fourth-order valence-electron chi connectivity index (χ4n) is 3.01. The number of hydrogen-bond donors (Lipinski definition) is 1. The van der Waals surface area contributed by atoms with E-state index in [1.54, 1.807) is 0 Å². The van der Waals surface area contributed by atoms with Crippen LogP contribution in [-0.4, -0.2) is 24.9 Å². The van der Waals surface area contributed by atoms with Gasteiger partial charge >= 0.3 is 0 Å². The minimum absolute atomic E-state index is 0.00773. The van der Waals surface area contributed by atoms with Crippen LogP contribution >= 0.6 is 0 Å². The Labute approximate surface area is 129 Å². The van der Waals surface area contributed by atoms with Crippen molar-refractivity contribution in [2.45, 2.75) is 65.7 Å². The van der Waals surface area contributed by atoms with Crippen LogP contribution in [-0.2, 0) is 11.3 Å². The molecule has 118 valence electrons. The van der Waals surface area contributed by atoms with E-state index in [0.29, 0.717) is 6.61 Å². The van der Waals surface area contributed by atoms with Gasteiger partial charge in [-0.3, -0.25) is 0 Å². The van der Waals surface area contributed by atoms with Crippen molar-refractivity contribution in [3.63, 3.8) is 0 Å². The zero-order valence-corrected chi connectivity index (χ0v) is 14.1. The molecule has 1 atom stereocenters. The Morgan fingerprint density at radius 1 is 1.29 bits per heavy atom. The minimum atomic E-state index is 0.00773. The molecule has 0 radical (unpaired) electrons. The Hall–Kier alpha value is -1.06. The summed E-state index contributed by atoms with van der Waals surface area (Å²) in [5, 5.41) is 3.36. The molecule has 1 aliphatic heterocycles. The van der Waals surface area contributed by atoms with Crippen LogP contribution in [0.2, 0.25) is 0 Å². The molecule has 0 spiro atoms. The van der Waals surface area contributed by atoms with Gasteiger partial charge in [0.25, 0.3) is 0 Å². The lowest BCUT2D eigenvalue weighted by molar-refractivity contribution is -0.0328. The predicted molar refractivity (Wildman–Crippen MR) is 87.0 cm³/mol. The van der Waals surface area contributed by atoms with Gasteiger partial charge in [-0.2, -0.15) is 0 Å². The Morgan fingerprint density at radius 3 is 2.48 bits per heavy atom. The first kappa shape index (κ1) is 16.3. The molecule has 0 aliphatic carbocycles. The van der Waals surface area contributed by atoms with Gasteiger partial charge in [-0.1, -0.05) is 19.1 Å². The number of hydrogen-bond acceptors (Lipinski definition) is 3. The zero-order valence-electron chi connectivity index (χ0n) is 14.1. The van der Waals surface area contributed by atoms with Gasteiger partial charge in [-0.05, 0) is 63.8 Å². The number of benzene rings is 1. The topological polar surface area (TPSA) is 30.5 Å². The summed E-state index contributed by atoms with van der Waals surface area (Å²) in [6.07, 6.45) is 2.42. The maximum Gasteiger partial charge on any atom is 0.125 e. The van der Waals surface area contributed by atoms with E-state index in [4.69, 9.17) is 9.47 Å². The fraction of sp³-hybridized carbons (Fsp3) is 0.667. The lowest BCUT2D eigenvalue weighted by atomic mass is 10.0. The zero-order chi connectivity index (χ0) is 15.5.